The second-order valence-electron chi connectivity index (χ2n) is 4.60. The van der Waals surface area contributed by atoms with Crippen LogP contribution in [0.2, 0.25) is 20.1 Å². The molecule has 0 radical (unpaired) electrons. The zero-order valence-corrected chi connectivity index (χ0v) is 19.1. The molecular formula is C14H4Cl10O. The first kappa shape index (κ1) is 22.4. The molecule has 0 saturated carbocycles. The molecule has 2 aromatic carbocycles. The van der Waals surface area contributed by atoms with Crippen LogP contribution in [0.5, 0.6) is 11.5 Å². The van der Waals surface area contributed by atoms with Crippen molar-refractivity contribution in [1.29, 1.82) is 0 Å². The van der Waals surface area contributed by atoms with Crippen LogP contribution in [0.3, 0.4) is 0 Å². The third kappa shape index (κ3) is 5.35. The molecule has 0 heterocycles. The number of halogens is 10. The van der Waals surface area contributed by atoms with E-state index in [0.717, 1.165) is 0 Å². The Kier molecular flexibility index (Phi) is 7.40. The summed E-state index contributed by atoms with van der Waals surface area (Å²) in [5.74, 6) is -0.0248. The zero-order chi connectivity index (χ0) is 19.2. The molecule has 0 atom stereocenters. The summed E-state index contributed by atoms with van der Waals surface area (Å²) in [5.41, 5.74) is 0.218. The van der Waals surface area contributed by atoms with Crippen LogP contribution in [-0.4, -0.2) is 0 Å². The normalized spacial score (nSPS) is 12.4. The lowest BCUT2D eigenvalue weighted by Gasteiger charge is -2.23. The van der Waals surface area contributed by atoms with Gasteiger partial charge in [-0.1, -0.05) is 128 Å². The minimum absolute atomic E-state index is 0.0478. The molecule has 0 aromatic heterocycles. The molecule has 0 bridgehead atoms. The Bertz CT molecular complexity index is 783. The molecule has 0 aliphatic rings. The summed E-state index contributed by atoms with van der Waals surface area (Å²) in [5, 5.41) is 0.460. The van der Waals surface area contributed by atoms with E-state index in [0.29, 0.717) is 5.02 Å². The Morgan fingerprint density at radius 2 is 1.08 bits per heavy atom. The van der Waals surface area contributed by atoms with Crippen molar-refractivity contribution in [2.45, 2.75) is 7.59 Å². The fourth-order valence-corrected chi connectivity index (χ4v) is 4.13. The van der Waals surface area contributed by atoms with E-state index in [4.69, 9.17) is 121 Å². The van der Waals surface area contributed by atoms with Crippen LogP contribution in [0, 0.1) is 0 Å². The number of hydrogen-bond donors (Lipinski definition) is 0. The van der Waals surface area contributed by atoms with Crippen molar-refractivity contribution in [3.8, 4) is 11.5 Å². The molecule has 136 valence electrons. The highest BCUT2D eigenvalue weighted by atomic mass is 35.6. The molecular weight excluding hydrogens is 539 g/mol. The number of hydrogen-bond acceptors (Lipinski definition) is 1. The maximum atomic E-state index is 6.32. The number of ether oxygens (including phenoxy) is 1. The monoisotopic (exact) mass is 538 g/mol. The largest absolute Gasteiger partial charge is 0.452 e. The average molecular weight is 543 g/mol. The van der Waals surface area contributed by atoms with Gasteiger partial charge in [-0.3, -0.25) is 0 Å². The van der Waals surface area contributed by atoms with Gasteiger partial charge in [-0.15, -0.1) is 0 Å². The minimum atomic E-state index is -1.88. The van der Waals surface area contributed by atoms with Gasteiger partial charge in [-0.05, 0) is 12.1 Å². The van der Waals surface area contributed by atoms with Crippen LogP contribution in [-0.2, 0) is 7.59 Å². The minimum Gasteiger partial charge on any atom is -0.452 e. The Hall–Kier alpha value is 1.14. The molecule has 0 fully saturated rings. The van der Waals surface area contributed by atoms with Crippen molar-refractivity contribution >= 4 is 116 Å². The van der Waals surface area contributed by atoms with Crippen molar-refractivity contribution in [3.05, 3.63) is 55.5 Å². The van der Waals surface area contributed by atoms with Gasteiger partial charge in [0.1, 0.15) is 0 Å². The van der Waals surface area contributed by atoms with Crippen molar-refractivity contribution in [1.82, 2.24) is 0 Å². The van der Waals surface area contributed by atoms with Crippen molar-refractivity contribution in [3.63, 3.8) is 0 Å². The number of rotatable bonds is 2. The molecule has 2 aromatic rings. The van der Waals surface area contributed by atoms with Crippen LogP contribution < -0.4 is 4.74 Å². The lowest BCUT2D eigenvalue weighted by Crippen LogP contribution is -2.08. The van der Waals surface area contributed by atoms with Gasteiger partial charge in [0, 0.05) is 16.1 Å². The summed E-state index contributed by atoms with van der Waals surface area (Å²) in [7, 11) is 0. The van der Waals surface area contributed by atoms with Gasteiger partial charge < -0.3 is 4.74 Å². The predicted molar refractivity (Wildman–Crippen MR) is 111 cm³/mol. The van der Waals surface area contributed by atoms with E-state index in [-0.39, 0.29) is 37.7 Å². The van der Waals surface area contributed by atoms with E-state index in [2.05, 4.69) is 0 Å². The Balaban J connectivity index is 2.70. The summed E-state index contributed by atoms with van der Waals surface area (Å²) < 4.78 is 2.02. The highest BCUT2D eigenvalue weighted by molar-refractivity contribution is 6.68. The number of benzene rings is 2. The van der Waals surface area contributed by atoms with E-state index in [1.165, 1.54) is 24.3 Å². The maximum absolute atomic E-state index is 6.32. The summed E-state index contributed by atoms with van der Waals surface area (Å²) in [6, 6.07) is 5.66. The topological polar surface area (TPSA) is 9.23 Å². The van der Waals surface area contributed by atoms with E-state index in [1.807, 2.05) is 0 Å². The van der Waals surface area contributed by atoms with E-state index in [9.17, 15) is 0 Å². The Labute approximate surface area is 193 Å². The highest BCUT2D eigenvalue weighted by Gasteiger charge is 2.35. The fraction of sp³-hybridized carbons (Fsp3) is 0.143. The third-order valence-electron chi connectivity index (χ3n) is 2.88. The summed E-state index contributed by atoms with van der Waals surface area (Å²) >= 11 is 60.1. The molecule has 0 spiro atoms. The molecule has 0 N–H and O–H groups in total. The Morgan fingerprint density at radius 1 is 0.640 bits per heavy atom. The van der Waals surface area contributed by atoms with Crippen LogP contribution in [0.1, 0.15) is 11.1 Å². The average Bonchev–Trinajstić information content (AvgIpc) is 2.41. The van der Waals surface area contributed by atoms with Crippen molar-refractivity contribution < 1.29 is 4.74 Å². The maximum Gasteiger partial charge on any atom is 0.219 e. The second kappa shape index (κ2) is 8.25. The number of alkyl halides is 6. The second-order valence-corrected chi connectivity index (χ2v) is 10.8. The molecule has 0 saturated heterocycles. The third-order valence-corrected chi connectivity index (χ3v) is 5.25. The Morgan fingerprint density at radius 3 is 1.52 bits per heavy atom. The lowest BCUT2D eigenvalue weighted by molar-refractivity contribution is 0.477. The van der Waals surface area contributed by atoms with Gasteiger partial charge in [0.25, 0.3) is 0 Å². The molecule has 0 amide bonds. The van der Waals surface area contributed by atoms with Crippen molar-refractivity contribution in [2.24, 2.45) is 0 Å². The molecule has 2 rings (SSSR count). The SMILES string of the molecule is Clc1cc(Cl)c(Oc2c(C(Cl)(Cl)Cl)ccc(C(Cl)(Cl)Cl)c2Cl)c(Cl)c1. The summed E-state index contributed by atoms with van der Waals surface area (Å²) in [6.07, 6.45) is 0. The molecule has 1 nitrogen and oxygen atoms in total. The van der Waals surface area contributed by atoms with Gasteiger partial charge in [0.05, 0.1) is 15.1 Å². The molecule has 0 aliphatic heterocycles. The summed E-state index contributed by atoms with van der Waals surface area (Å²) in [4.78, 5) is 0. The highest BCUT2D eigenvalue weighted by Crippen LogP contribution is 2.53. The molecule has 11 heteroatoms. The van der Waals surface area contributed by atoms with Gasteiger partial charge in [0.2, 0.25) is 7.59 Å². The standard InChI is InChI=1S/C14H4Cl10O/c15-5-3-8(16)12(9(17)4-5)25-11-7(14(22,23)24)2-1-6(10(11)18)13(19,20)21/h1-4H. The quantitative estimate of drug-likeness (QED) is 0.343. The van der Waals surface area contributed by atoms with E-state index in [1.54, 1.807) is 0 Å². The van der Waals surface area contributed by atoms with Crippen LogP contribution in [0.15, 0.2) is 24.3 Å². The van der Waals surface area contributed by atoms with E-state index >= 15 is 0 Å². The summed E-state index contributed by atoms with van der Waals surface area (Å²) in [6.45, 7) is 0. The van der Waals surface area contributed by atoms with Gasteiger partial charge >= 0.3 is 0 Å². The van der Waals surface area contributed by atoms with E-state index < -0.39 is 7.59 Å². The van der Waals surface area contributed by atoms with Crippen LogP contribution in [0.4, 0.5) is 0 Å². The first-order valence-corrected chi connectivity index (χ1v) is 9.89. The molecule has 0 unspecified atom stereocenters. The van der Waals surface area contributed by atoms with Gasteiger partial charge in [-0.25, -0.2) is 0 Å². The first-order chi connectivity index (χ1) is 11.3. The predicted octanol–water partition coefficient (Wildman–Crippen LogP) is 9.75. The molecule has 25 heavy (non-hydrogen) atoms. The van der Waals surface area contributed by atoms with Crippen molar-refractivity contribution in [2.75, 3.05) is 0 Å². The van der Waals surface area contributed by atoms with Crippen LogP contribution in [0.25, 0.3) is 0 Å². The van der Waals surface area contributed by atoms with Gasteiger partial charge in [-0.2, -0.15) is 0 Å². The smallest absolute Gasteiger partial charge is 0.219 e. The van der Waals surface area contributed by atoms with Crippen LogP contribution >= 0.6 is 116 Å². The zero-order valence-electron chi connectivity index (χ0n) is 11.5. The lowest BCUT2D eigenvalue weighted by atomic mass is 10.1. The fourth-order valence-electron chi connectivity index (χ4n) is 1.83. The molecule has 0 aliphatic carbocycles. The first-order valence-electron chi connectivity index (χ1n) is 6.11. The van der Waals surface area contributed by atoms with Gasteiger partial charge in [0.15, 0.2) is 11.5 Å².